The van der Waals surface area contributed by atoms with Gasteiger partial charge >= 0.3 is 0 Å². The molecule has 4 rings (SSSR count). The van der Waals surface area contributed by atoms with E-state index < -0.39 is 0 Å². The molecule has 0 aliphatic heterocycles. The molecule has 2 aromatic carbocycles. The van der Waals surface area contributed by atoms with Crippen LogP contribution in [0.15, 0.2) is 60.8 Å². The molecule has 140 valence electrons. The maximum absolute atomic E-state index is 14.5. The van der Waals surface area contributed by atoms with Crippen LogP contribution in [0.25, 0.3) is 17.1 Å². The fourth-order valence-electron chi connectivity index (χ4n) is 3.03. The lowest BCUT2D eigenvalue weighted by atomic mass is 10.1. The van der Waals surface area contributed by atoms with Gasteiger partial charge < -0.3 is 5.73 Å². The summed E-state index contributed by atoms with van der Waals surface area (Å²) in [5, 5.41) is 4.58. The van der Waals surface area contributed by atoms with Gasteiger partial charge in [-0.25, -0.2) is 24.0 Å². The second-order valence-corrected chi connectivity index (χ2v) is 6.43. The van der Waals surface area contributed by atoms with E-state index in [9.17, 15) is 4.39 Å². The second kappa shape index (κ2) is 7.56. The summed E-state index contributed by atoms with van der Waals surface area (Å²) in [5.74, 6) is 0.920. The van der Waals surface area contributed by atoms with Crippen molar-refractivity contribution in [3.63, 3.8) is 0 Å². The highest BCUT2D eigenvalue weighted by Crippen LogP contribution is 2.25. The first kappa shape index (κ1) is 17.8. The van der Waals surface area contributed by atoms with Gasteiger partial charge in [-0.1, -0.05) is 42.5 Å². The summed E-state index contributed by atoms with van der Waals surface area (Å²) < 4.78 is 16.0. The number of hydrogen-bond donors (Lipinski definition) is 1. The molecule has 6 nitrogen and oxygen atoms in total. The Morgan fingerprint density at radius 3 is 2.46 bits per heavy atom. The first-order chi connectivity index (χ1) is 13.6. The Morgan fingerprint density at radius 1 is 0.964 bits per heavy atom. The molecule has 2 N–H and O–H groups in total. The quantitative estimate of drug-likeness (QED) is 0.578. The van der Waals surface area contributed by atoms with E-state index in [4.69, 9.17) is 5.73 Å². The van der Waals surface area contributed by atoms with E-state index in [2.05, 4.69) is 32.2 Å². The van der Waals surface area contributed by atoms with Gasteiger partial charge in [-0.3, -0.25) is 0 Å². The van der Waals surface area contributed by atoms with Crippen LogP contribution in [0.3, 0.4) is 0 Å². The molecule has 28 heavy (non-hydrogen) atoms. The zero-order chi connectivity index (χ0) is 19.5. The average molecular weight is 374 g/mol. The predicted molar refractivity (Wildman–Crippen MR) is 105 cm³/mol. The van der Waals surface area contributed by atoms with Crippen molar-refractivity contribution in [1.29, 1.82) is 0 Å². The van der Waals surface area contributed by atoms with Crippen molar-refractivity contribution < 1.29 is 4.39 Å². The van der Waals surface area contributed by atoms with Gasteiger partial charge in [-0.05, 0) is 31.0 Å². The van der Waals surface area contributed by atoms with Crippen molar-refractivity contribution in [2.45, 2.75) is 19.8 Å². The SMILES string of the molecule is Cc1nc(N)ncc1-c1nc(CCc2ccccc2)nn1-c1ccccc1F. The Hall–Kier alpha value is -3.61. The molecular weight excluding hydrogens is 355 g/mol. The molecule has 0 aliphatic rings. The zero-order valence-electron chi connectivity index (χ0n) is 15.4. The minimum atomic E-state index is -0.378. The van der Waals surface area contributed by atoms with E-state index in [0.29, 0.717) is 35.0 Å². The Bertz CT molecular complexity index is 1110. The molecule has 4 aromatic rings. The van der Waals surface area contributed by atoms with Crippen LogP contribution in [0.5, 0.6) is 0 Å². The molecule has 7 heteroatoms. The van der Waals surface area contributed by atoms with Gasteiger partial charge in [-0.2, -0.15) is 5.10 Å². The summed E-state index contributed by atoms with van der Waals surface area (Å²) >= 11 is 0. The van der Waals surface area contributed by atoms with E-state index in [1.165, 1.54) is 16.3 Å². The number of nitrogens with zero attached hydrogens (tertiary/aromatic N) is 5. The van der Waals surface area contributed by atoms with Crippen molar-refractivity contribution in [2.24, 2.45) is 0 Å². The Balaban J connectivity index is 1.77. The highest BCUT2D eigenvalue weighted by atomic mass is 19.1. The third-order valence-electron chi connectivity index (χ3n) is 4.45. The number of rotatable bonds is 5. The number of nitrogens with two attached hydrogens (primary N) is 1. The molecule has 0 bridgehead atoms. The van der Waals surface area contributed by atoms with E-state index in [0.717, 1.165) is 6.42 Å². The molecule has 0 atom stereocenters. The van der Waals surface area contributed by atoms with Crippen LogP contribution in [0.4, 0.5) is 10.3 Å². The number of para-hydroxylation sites is 1. The largest absolute Gasteiger partial charge is 0.368 e. The molecule has 2 aromatic heterocycles. The molecule has 0 saturated heterocycles. The number of halogens is 1. The molecule has 0 aliphatic carbocycles. The van der Waals surface area contributed by atoms with Crippen LogP contribution >= 0.6 is 0 Å². The molecule has 0 fully saturated rings. The number of aryl methyl sites for hydroxylation is 3. The van der Waals surface area contributed by atoms with Gasteiger partial charge in [0.25, 0.3) is 0 Å². The fourth-order valence-corrected chi connectivity index (χ4v) is 3.03. The summed E-state index contributed by atoms with van der Waals surface area (Å²) in [6.07, 6.45) is 3.02. The van der Waals surface area contributed by atoms with Crippen LogP contribution in [0, 0.1) is 12.7 Å². The lowest BCUT2D eigenvalue weighted by Gasteiger charge is -2.08. The summed E-state index contributed by atoms with van der Waals surface area (Å²) in [5.41, 5.74) is 8.51. The van der Waals surface area contributed by atoms with Crippen LogP contribution < -0.4 is 5.73 Å². The minimum Gasteiger partial charge on any atom is -0.368 e. The predicted octanol–water partition coefficient (Wildman–Crippen LogP) is 3.54. The normalized spacial score (nSPS) is 10.9. The summed E-state index contributed by atoms with van der Waals surface area (Å²) in [7, 11) is 0. The fraction of sp³-hybridized carbons (Fsp3) is 0.143. The number of aromatic nitrogens is 5. The van der Waals surface area contributed by atoms with E-state index >= 15 is 0 Å². The zero-order valence-corrected chi connectivity index (χ0v) is 15.4. The standard InChI is InChI=1S/C21H19FN6/c1-14-16(13-24-21(23)25-14)20-26-19(12-11-15-7-3-2-4-8-15)27-28(20)18-10-6-5-9-17(18)22/h2-10,13H,11-12H2,1H3,(H2,23,24,25). The van der Waals surface area contributed by atoms with Crippen molar-refractivity contribution in [2.75, 3.05) is 5.73 Å². The van der Waals surface area contributed by atoms with E-state index in [-0.39, 0.29) is 11.8 Å². The van der Waals surface area contributed by atoms with E-state index in [1.54, 1.807) is 24.4 Å². The van der Waals surface area contributed by atoms with Crippen LogP contribution in [-0.2, 0) is 12.8 Å². The van der Waals surface area contributed by atoms with Crippen LogP contribution in [0.1, 0.15) is 17.1 Å². The minimum absolute atomic E-state index is 0.183. The summed E-state index contributed by atoms with van der Waals surface area (Å²) in [4.78, 5) is 12.9. The lowest BCUT2D eigenvalue weighted by Crippen LogP contribution is -2.05. The molecule has 2 heterocycles. The Labute approximate surface area is 161 Å². The van der Waals surface area contributed by atoms with Gasteiger partial charge in [0, 0.05) is 12.6 Å². The first-order valence-corrected chi connectivity index (χ1v) is 8.96. The van der Waals surface area contributed by atoms with Crippen LogP contribution in [-0.4, -0.2) is 24.7 Å². The molecular formula is C21H19FN6. The van der Waals surface area contributed by atoms with Crippen molar-refractivity contribution in [1.82, 2.24) is 24.7 Å². The molecule has 0 spiro atoms. The van der Waals surface area contributed by atoms with Gasteiger partial charge in [-0.15, -0.1) is 0 Å². The van der Waals surface area contributed by atoms with Crippen molar-refractivity contribution in [3.8, 4) is 17.1 Å². The highest BCUT2D eigenvalue weighted by Gasteiger charge is 2.18. The smallest absolute Gasteiger partial charge is 0.220 e. The average Bonchev–Trinajstić information content (AvgIpc) is 3.11. The summed E-state index contributed by atoms with van der Waals surface area (Å²) in [6.45, 7) is 1.82. The number of nitrogen functional groups attached to an aromatic ring is 1. The molecule has 0 saturated carbocycles. The molecule has 0 amide bonds. The summed E-state index contributed by atoms with van der Waals surface area (Å²) in [6, 6.07) is 16.6. The Kier molecular flexibility index (Phi) is 4.80. The second-order valence-electron chi connectivity index (χ2n) is 6.43. The third-order valence-corrected chi connectivity index (χ3v) is 4.45. The van der Waals surface area contributed by atoms with Crippen molar-refractivity contribution >= 4 is 5.95 Å². The lowest BCUT2D eigenvalue weighted by molar-refractivity contribution is 0.610. The van der Waals surface area contributed by atoms with Crippen LogP contribution in [0.2, 0.25) is 0 Å². The monoisotopic (exact) mass is 374 g/mol. The Morgan fingerprint density at radius 2 is 1.71 bits per heavy atom. The number of anilines is 1. The number of hydrogen-bond acceptors (Lipinski definition) is 5. The third kappa shape index (κ3) is 3.59. The highest BCUT2D eigenvalue weighted by molar-refractivity contribution is 5.60. The van der Waals surface area contributed by atoms with E-state index in [1.807, 2.05) is 25.1 Å². The van der Waals surface area contributed by atoms with Crippen molar-refractivity contribution in [3.05, 3.63) is 83.7 Å². The molecule has 0 unspecified atom stereocenters. The first-order valence-electron chi connectivity index (χ1n) is 8.96. The van der Waals surface area contributed by atoms with Gasteiger partial charge in [0.2, 0.25) is 5.95 Å². The number of benzene rings is 2. The van der Waals surface area contributed by atoms with Gasteiger partial charge in [0.05, 0.1) is 11.3 Å². The van der Waals surface area contributed by atoms with Gasteiger partial charge in [0.1, 0.15) is 11.5 Å². The maximum atomic E-state index is 14.5. The molecule has 0 radical (unpaired) electrons. The topological polar surface area (TPSA) is 82.5 Å². The van der Waals surface area contributed by atoms with Gasteiger partial charge in [0.15, 0.2) is 11.6 Å². The maximum Gasteiger partial charge on any atom is 0.220 e.